The number of nitrogens with zero attached hydrogens (tertiary/aromatic N) is 3. The largest absolute Gasteiger partial charge is 0.380 e. The lowest BCUT2D eigenvalue weighted by molar-refractivity contribution is -0.0730. The van der Waals surface area contributed by atoms with E-state index in [1.54, 1.807) is 16.7 Å². The fourth-order valence-corrected chi connectivity index (χ4v) is 10.1. The van der Waals surface area contributed by atoms with E-state index in [0.717, 1.165) is 43.4 Å². The average Bonchev–Trinajstić information content (AvgIpc) is 3.10. The van der Waals surface area contributed by atoms with Crippen LogP contribution in [0.15, 0.2) is 29.1 Å². The van der Waals surface area contributed by atoms with E-state index >= 15 is 0 Å². The molecule has 8 atom stereocenters. The molecule has 202 valence electrons. The summed E-state index contributed by atoms with van der Waals surface area (Å²) in [6.07, 6.45) is 12.0. The van der Waals surface area contributed by atoms with Gasteiger partial charge in [-0.3, -0.25) is 14.3 Å². The van der Waals surface area contributed by atoms with E-state index in [1.165, 1.54) is 38.5 Å². The van der Waals surface area contributed by atoms with E-state index in [-0.39, 0.29) is 6.04 Å². The lowest BCUT2D eigenvalue weighted by atomic mass is 9.51. The first-order valence-corrected chi connectivity index (χ1v) is 16.1. The first-order valence-electron chi connectivity index (χ1n) is 14.5. The van der Waals surface area contributed by atoms with Crippen molar-refractivity contribution in [3.05, 3.63) is 34.6 Å². The van der Waals surface area contributed by atoms with Crippen LogP contribution in [0.5, 0.6) is 0 Å². The molecule has 6 rings (SSSR count). The Morgan fingerprint density at radius 3 is 2.46 bits per heavy atom. The molecule has 2 saturated heterocycles. The van der Waals surface area contributed by atoms with Crippen molar-refractivity contribution in [2.45, 2.75) is 109 Å². The van der Waals surface area contributed by atoms with Crippen LogP contribution in [-0.2, 0) is 4.57 Å². The number of para-hydroxylation sites is 2. The second-order valence-corrected chi connectivity index (χ2v) is 14.3. The summed E-state index contributed by atoms with van der Waals surface area (Å²) in [5.41, 5.74) is 0.467. The summed E-state index contributed by atoms with van der Waals surface area (Å²) in [4.78, 5) is 40.1. The number of rotatable bonds is 6. The molecule has 2 N–H and O–H groups in total. The van der Waals surface area contributed by atoms with E-state index < -0.39 is 18.6 Å². The monoisotopic (exact) mass is 527 g/mol. The molecular weight excluding hydrogens is 485 g/mol. The molecule has 1 unspecified atom stereocenters. The van der Waals surface area contributed by atoms with Gasteiger partial charge in [0.2, 0.25) is 5.44 Å². The minimum atomic E-state index is -4.78. The van der Waals surface area contributed by atoms with Crippen molar-refractivity contribution in [1.29, 1.82) is 0 Å². The van der Waals surface area contributed by atoms with Gasteiger partial charge in [0.1, 0.15) is 0 Å². The molecule has 0 spiro atoms. The highest BCUT2D eigenvalue weighted by molar-refractivity contribution is 7.59. The third-order valence-corrected chi connectivity index (χ3v) is 11.7. The quantitative estimate of drug-likeness (QED) is 0.514. The molecule has 2 aliphatic carbocycles. The van der Waals surface area contributed by atoms with Gasteiger partial charge in [-0.05, 0) is 100 Å². The SMILES string of the molecule is CCC12C[C@@H](C)C[C@H]1C[C@H]2C[C@@H](C)N1[C@@H]2CCC[C@H]1C[C@@H](n1c(=O)c(P(=O)(O)O)nc3ccccc31)C2. The number of hydrogen-bond donors (Lipinski definition) is 2. The van der Waals surface area contributed by atoms with Gasteiger partial charge in [-0.15, -0.1) is 0 Å². The number of fused-ring (bicyclic) bond motifs is 4. The lowest BCUT2D eigenvalue weighted by Gasteiger charge is -2.57. The first kappa shape index (κ1) is 25.7. The number of hydrogen-bond acceptors (Lipinski definition) is 4. The molecule has 1 aromatic heterocycles. The Bertz CT molecular complexity index is 1280. The highest BCUT2D eigenvalue weighted by atomic mass is 31.2. The first-order chi connectivity index (χ1) is 17.6. The van der Waals surface area contributed by atoms with E-state index in [4.69, 9.17) is 0 Å². The highest BCUT2D eigenvalue weighted by Crippen LogP contribution is 2.66. The summed E-state index contributed by atoms with van der Waals surface area (Å²) in [7, 11) is -4.78. The zero-order valence-corrected chi connectivity index (χ0v) is 23.3. The maximum atomic E-state index is 13.5. The zero-order chi connectivity index (χ0) is 26.1. The summed E-state index contributed by atoms with van der Waals surface area (Å²) < 4.78 is 13.8. The summed E-state index contributed by atoms with van der Waals surface area (Å²) in [6, 6.07) is 8.52. The standard InChI is InChI=1S/C29H42N3O4P/c1-4-29-17-18(2)12-20(29)14-21(29)13-19(3)31-22-8-7-9-23(31)16-24(15-22)32-26-11-6-5-10-25(26)30-27(28(32)33)37(34,35)36/h5-6,10-11,18-24H,4,7-9,12-17H2,1-3H3,(H2,34,35,36)/t18-,19+,20-,21+,22-,23+,24+,29?/m0/s1. The Labute approximate surface area is 219 Å². The molecule has 4 fully saturated rings. The van der Waals surface area contributed by atoms with Gasteiger partial charge in [0.05, 0.1) is 11.0 Å². The molecule has 2 bridgehead atoms. The van der Waals surface area contributed by atoms with E-state index in [0.29, 0.717) is 34.6 Å². The molecule has 2 aliphatic heterocycles. The molecule has 8 heteroatoms. The van der Waals surface area contributed by atoms with Crippen LogP contribution >= 0.6 is 7.60 Å². The molecule has 1 aromatic carbocycles. The van der Waals surface area contributed by atoms with Crippen LogP contribution in [0.4, 0.5) is 0 Å². The van der Waals surface area contributed by atoms with Gasteiger partial charge >= 0.3 is 7.60 Å². The summed E-state index contributed by atoms with van der Waals surface area (Å²) in [5.74, 6) is 2.63. The fraction of sp³-hybridized carbons (Fsp3) is 0.724. The topological polar surface area (TPSA) is 95.7 Å². The van der Waals surface area contributed by atoms with E-state index in [2.05, 4.69) is 30.7 Å². The van der Waals surface area contributed by atoms with Crippen LogP contribution in [0, 0.1) is 23.2 Å². The Morgan fingerprint density at radius 2 is 1.81 bits per heavy atom. The maximum Gasteiger partial charge on any atom is 0.380 e. The van der Waals surface area contributed by atoms with Gasteiger partial charge in [0, 0.05) is 24.2 Å². The van der Waals surface area contributed by atoms with Crippen LogP contribution in [0.2, 0.25) is 0 Å². The van der Waals surface area contributed by atoms with Crippen molar-refractivity contribution in [2.24, 2.45) is 23.2 Å². The molecule has 4 aliphatic rings. The van der Waals surface area contributed by atoms with Crippen LogP contribution in [0.25, 0.3) is 11.0 Å². The average molecular weight is 528 g/mol. The lowest BCUT2D eigenvalue weighted by Crippen LogP contribution is -2.58. The molecule has 7 nitrogen and oxygen atoms in total. The molecular formula is C29H42N3O4P. The second-order valence-electron chi connectivity index (χ2n) is 12.8. The van der Waals surface area contributed by atoms with Gasteiger partial charge in [-0.2, -0.15) is 0 Å². The van der Waals surface area contributed by atoms with Gasteiger partial charge in [0.15, 0.2) is 0 Å². The molecule has 2 saturated carbocycles. The van der Waals surface area contributed by atoms with Gasteiger partial charge in [-0.1, -0.05) is 32.4 Å². The Kier molecular flexibility index (Phi) is 6.46. The fourth-order valence-electron chi connectivity index (χ4n) is 9.47. The maximum absolute atomic E-state index is 13.5. The van der Waals surface area contributed by atoms with E-state index in [9.17, 15) is 19.1 Å². The van der Waals surface area contributed by atoms with Crippen LogP contribution in [-0.4, -0.2) is 42.4 Å². The van der Waals surface area contributed by atoms with Crippen LogP contribution in [0.3, 0.4) is 0 Å². The number of aromatic nitrogens is 2. The summed E-state index contributed by atoms with van der Waals surface area (Å²) >= 11 is 0. The highest BCUT2D eigenvalue weighted by Gasteiger charge is 2.58. The Morgan fingerprint density at radius 1 is 1.11 bits per heavy atom. The second kappa shape index (κ2) is 9.29. The minimum absolute atomic E-state index is 0.0739. The predicted octanol–water partition coefficient (Wildman–Crippen LogP) is 5.00. The molecule has 37 heavy (non-hydrogen) atoms. The van der Waals surface area contributed by atoms with Gasteiger partial charge in [-0.25, -0.2) is 4.98 Å². The van der Waals surface area contributed by atoms with Gasteiger partial charge < -0.3 is 14.4 Å². The van der Waals surface area contributed by atoms with Crippen molar-refractivity contribution in [3.63, 3.8) is 0 Å². The van der Waals surface area contributed by atoms with Crippen molar-refractivity contribution in [2.75, 3.05) is 0 Å². The van der Waals surface area contributed by atoms with Crippen molar-refractivity contribution in [1.82, 2.24) is 14.5 Å². The molecule has 0 amide bonds. The smallest absolute Gasteiger partial charge is 0.320 e. The number of piperidine rings is 2. The van der Waals surface area contributed by atoms with Crippen molar-refractivity contribution in [3.8, 4) is 0 Å². The normalized spacial score (nSPS) is 36.8. The Hall–Kier alpha value is -1.53. The van der Waals surface area contributed by atoms with Crippen LogP contribution < -0.4 is 11.0 Å². The Balaban J connectivity index is 1.28. The van der Waals surface area contributed by atoms with Crippen molar-refractivity contribution < 1.29 is 14.4 Å². The zero-order valence-electron chi connectivity index (χ0n) is 22.4. The van der Waals surface area contributed by atoms with Gasteiger partial charge in [0.25, 0.3) is 5.56 Å². The third kappa shape index (κ3) is 4.16. The predicted molar refractivity (Wildman–Crippen MR) is 146 cm³/mol. The van der Waals surface area contributed by atoms with Crippen LogP contribution in [0.1, 0.15) is 91.0 Å². The van der Waals surface area contributed by atoms with E-state index in [1.807, 2.05) is 12.1 Å². The molecule has 3 heterocycles. The molecule has 2 aromatic rings. The third-order valence-electron chi connectivity index (χ3n) is 10.8. The van der Waals surface area contributed by atoms with Crippen molar-refractivity contribution >= 4 is 24.1 Å². The number of benzene rings is 1. The summed E-state index contributed by atoms with van der Waals surface area (Å²) in [5, 5.41) is 0. The molecule has 0 radical (unpaired) electrons. The summed E-state index contributed by atoms with van der Waals surface area (Å²) in [6.45, 7) is 7.28. The minimum Gasteiger partial charge on any atom is -0.320 e.